The fourth-order valence-corrected chi connectivity index (χ4v) is 3.28. The molecule has 0 radical (unpaired) electrons. The summed E-state index contributed by atoms with van der Waals surface area (Å²) in [4.78, 5) is 16.3. The van der Waals surface area contributed by atoms with Gasteiger partial charge in [0.2, 0.25) is 5.91 Å². The van der Waals surface area contributed by atoms with Gasteiger partial charge in [0.25, 0.3) is 0 Å². The Morgan fingerprint density at radius 2 is 2.10 bits per heavy atom. The number of hydrogen-bond donors (Lipinski definition) is 1. The van der Waals surface area contributed by atoms with Crippen molar-refractivity contribution in [2.75, 3.05) is 20.3 Å². The lowest BCUT2D eigenvalue weighted by Crippen LogP contribution is -2.39. The number of carbonyl (C=O) groups excluding carboxylic acids is 1. The largest absolute Gasteiger partial charge is 0.383 e. The molecule has 2 N–H and O–H groups in total. The summed E-state index contributed by atoms with van der Waals surface area (Å²) in [5.74, 6) is -0.0575. The Kier molecular flexibility index (Phi) is 5.72. The maximum Gasteiger partial charge on any atom is 0.245 e. The van der Waals surface area contributed by atoms with Crippen LogP contribution in [0.5, 0.6) is 0 Å². The van der Waals surface area contributed by atoms with Gasteiger partial charge in [-0.25, -0.2) is 0 Å². The minimum Gasteiger partial charge on any atom is -0.383 e. The zero-order valence-electron chi connectivity index (χ0n) is 11.3. The van der Waals surface area contributed by atoms with Crippen LogP contribution in [-0.2, 0) is 16.1 Å². The summed E-state index contributed by atoms with van der Waals surface area (Å²) in [5.41, 5.74) is 6.07. The molecule has 20 heavy (non-hydrogen) atoms. The zero-order valence-corrected chi connectivity index (χ0v) is 13.0. The van der Waals surface area contributed by atoms with Crippen molar-refractivity contribution in [1.82, 2.24) is 4.90 Å². The lowest BCUT2D eigenvalue weighted by atomic mass is 10.2. The number of nitrogens with zero attached hydrogens (tertiary/aromatic N) is 1. The first kappa shape index (κ1) is 15.2. The first-order valence-electron chi connectivity index (χ1n) is 6.31. The minimum atomic E-state index is -0.591. The van der Waals surface area contributed by atoms with E-state index in [0.29, 0.717) is 19.7 Å². The van der Waals surface area contributed by atoms with Crippen molar-refractivity contribution in [3.63, 3.8) is 0 Å². The molecule has 0 saturated carbocycles. The third kappa shape index (κ3) is 3.89. The third-order valence-electron chi connectivity index (χ3n) is 2.92. The average molecular weight is 310 g/mol. The van der Waals surface area contributed by atoms with Crippen molar-refractivity contribution in [2.24, 2.45) is 5.73 Å². The Hall–Kier alpha value is -1.21. The highest BCUT2D eigenvalue weighted by atomic mass is 32.1. The summed E-state index contributed by atoms with van der Waals surface area (Å²) in [6.45, 7) is 1.64. The van der Waals surface area contributed by atoms with E-state index in [9.17, 15) is 4.79 Å². The first-order chi connectivity index (χ1) is 9.72. The van der Waals surface area contributed by atoms with Gasteiger partial charge in [0.1, 0.15) is 6.04 Å². The second-order valence-electron chi connectivity index (χ2n) is 4.33. The highest BCUT2D eigenvalue weighted by molar-refractivity contribution is 7.10. The highest BCUT2D eigenvalue weighted by Gasteiger charge is 2.23. The molecule has 2 aromatic heterocycles. The van der Waals surface area contributed by atoms with Crippen LogP contribution in [0.3, 0.4) is 0 Å². The van der Waals surface area contributed by atoms with Crippen LogP contribution in [0.1, 0.15) is 15.8 Å². The molecular weight excluding hydrogens is 292 g/mol. The van der Waals surface area contributed by atoms with Gasteiger partial charge in [-0.2, -0.15) is 0 Å². The summed E-state index contributed by atoms with van der Waals surface area (Å²) in [6, 6.07) is 7.22. The van der Waals surface area contributed by atoms with Crippen molar-refractivity contribution in [3.8, 4) is 0 Å². The topological polar surface area (TPSA) is 55.6 Å². The van der Waals surface area contributed by atoms with Gasteiger partial charge in [-0.1, -0.05) is 12.1 Å². The van der Waals surface area contributed by atoms with E-state index in [0.717, 1.165) is 9.75 Å². The Bertz CT molecular complexity index is 511. The molecule has 2 rings (SSSR count). The van der Waals surface area contributed by atoms with Crippen LogP contribution in [0.15, 0.2) is 35.0 Å². The molecule has 6 heteroatoms. The van der Waals surface area contributed by atoms with Crippen LogP contribution in [0.25, 0.3) is 0 Å². The second-order valence-corrected chi connectivity index (χ2v) is 6.34. The fourth-order valence-electron chi connectivity index (χ4n) is 1.85. The molecule has 0 fully saturated rings. The van der Waals surface area contributed by atoms with E-state index in [4.69, 9.17) is 10.5 Å². The SMILES string of the molecule is COCCN(Cc1cccs1)C(=O)C(N)c1cccs1. The molecule has 2 heterocycles. The van der Waals surface area contributed by atoms with Crippen molar-refractivity contribution in [1.29, 1.82) is 0 Å². The van der Waals surface area contributed by atoms with Crippen LogP contribution >= 0.6 is 22.7 Å². The maximum atomic E-state index is 12.5. The second kappa shape index (κ2) is 7.54. The molecule has 108 valence electrons. The van der Waals surface area contributed by atoms with Crippen LogP contribution in [0, 0.1) is 0 Å². The molecule has 1 unspecified atom stereocenters. The van der Waals surface area contributed by atoms with E-state index in [1.54, 1.807) is 23.3 Å². The van der Waals surface area contributed by atoms with Gasteiger partial charge < -0.3 is 15.4 Å². The first-order valence-corrected chi connectivity index (χ1v) is 8.07. The van der Waals surface area contributed by atoms with Crippen molar-refractivity contribution >= 4 is 28.6 Å². The molecule has 0 bridgehead atoms. The van der Waals surface area contributed by atoms with E-state index >= 15 is 0 Å². The quantitative estimate of drug-likeness (QED) is 0.855. The molecule has 2 aromatic rings. The number of methoxy groups -OCH3 is 1. The molecule has 0 aliphatic heterocycles. The number of nitrogens with two attached hydrogens (primary N) is 1. The van der Waals surface area contributed by atoms with Gasteiger partial charge in [0, 0.05) is 23.4 Å². The predicted molar refractivity (Wildman–Crippen MR) is 82.9 cm³/mol. The fraction of sp³-hybridized carbons (Fsp3) is 0.357. The Morgan fingerprint density at radius 1 is 1.35 bits per heavy atom. The van der Waals surface area contributed by atoms with Gasteiger partial charge in [-0.3, -0.25) is 4.79 Å². The number of rotatable bonds is 7. The van der Waals surface area contributed by atoms with Crippen molar-refractivity contribution in [3.05, 3.63) is 44.8 Å². The van der Waals surface area contributed by atoms with Gasteiger partial charge in [-0.05, 0) is 22.9 Å². The lowest BCUT2D eigenvalue weighted by Gasteiger charge is -2.24. The summed E-state index contributed by atoms with van der Waals surface area (Å²) in [7, 11) is 1.63. The van der Waals surface area contributed by atoms with Crippen LogP contribution in [0.4, 0.5) is 0 Å². The minimum absolute atomic E-state index is 0.0575. The summed E-state index contributed by atoms with van der Waals surface area (Å²) >= 11 is 3.15. The molecule has 0 saturated heterocycles. The van der Waals surface area contributed by atoms with E-state index in [1.807, 2.05) is 35.0 Å². The summed E-state index contributed by atoms with van der Waals surface area (Å²) < 4.78 is 5.08. The summed E-state index contributed by atoms with van der Waals surface area (Å²) in [5, 5.41) is 3.94. The highest BCUT2D eigenvalue weighted by Crippen LogP contribution is 2.20. The monoisotopic (exact) mass is 310 g/mol. The summed E-state index contributed by atoms with van der Waals surface area (Å²) in [6.07, 6.45) is 0. The van der Waals surface area contributed by atoms with Crippen molar-refractivity contribution < 1.29 is 9.53 Å². The number of carbonyl (C=O) groups is 1. The number of hydrogen-bond acceptors (Lipinski definition) is 5. The third-order valence-corrected chi connectivity index (χ3v) is 4.74. The normalized spacial score (nSPS) is 12.3. The molecule has 0 aromatic carbocycles. The van der Waals surface area contributed by atoms with E-state index < -0.39 is 6.04 Å². The van der Waals surface area contributed by atoms with Crippen LogP contribution in [0.2, 0.25) is 0 Å². The molecule has 1 amide bonds. The van der Waals surface area contributed by atoms with Crippen LogP contribution in [-0.4, -0.2) is 31.1 Å². The number of thiophene rings is 2. The number of ether oxygens (including phenoxy) is 1. The van der Waals surface area contributed by atoms with Crippen molar-refractivity contribution in [2.45, 2.75) is 12.6 Å². The van der Waals surface area contributed by atoms with Gasteiger partial charge in [0.15, 0.2) is 0 Å². The molecule has 0 aliphatic carbocycles. The Balaban J connectivity index is 2.06. The smallest absolute Gasteiger partial charge is 0.245 e. The molecule has 1 atom stereocenters. The molecule has 0 aliphatic rings. The Labute approximate surface area is 126 Å². The van der Waals surface area contributed by atoms with Gasteiger partial charge in [0.05, 0.1) is 13.2 Å². The molecular formula is C14H18N2O2S2. The molecule has 4 nitrogen and oxygen atoms in total. The van der Waals surface area contributed by atoms with Gasteiger partial charge >= 0.3 is 0 Å². The lowest BCUT2D eigenvalue weighted by molar-refractivity contribution is -0.133. The van der Waals surface area contributed by atoms with Crippen LogP contribution < -0.4 is 5.73 Å². The van der Waals surface area contributed by atoms with E-state index in [-0.39, 0.29) is 5.91 Å². The number of amides is 1. The van der Waals surface area contributed by atoms with E-state index in [2.05, 4.69) is 0 Å². The zero-order chi connectivity index (χ0) is 14.4. The standard InChI is InChI=1S/C14H18N2O2S2/c1-18-7-6-16(10-11-4-2-8-19-11)14(17)13(15)12-5-3-9-20-12/h2-5,8-9,13H,6-7,10,15H2,1H3. The van der Waals surface area contributed by atoms with Gasteiger partial charge in [-0.15, -0.1) is 22.7 Å². The average Bonchev–Trinajstić information content (AvgIpc) is 3.14. The predicted octanol–water partition coefficient (Wildman–Crippen LogP) is 2.48. The Morgan fingerprint density at radius 3 is 2.70 bits per heavy atom. The van der Waals surface area contributed by atoms with E-state index in [1.165, 1.54) is 11.3 Å². The maximum absolute atomic E-state index is 12.5. The molecule has 0 spiro atoms.